The molecule has 0 spiro atoms. The SMILES string of the molecule is COCCC(=O)N1CCN(c2nc(C3CC3)c(-c3ccc(F)cc3)c(C)c2C#N)C[C@H]1C1CC1. The number of rotatable bonds is 7. The molecule has 0 N–H and O–H groups in total. The van der Waals surface area contributed by atoms with Crippen LogP contribution >= 0.6 is 0 Å². The molecule has 2 aromatic rings. The van der Waals surface area contributed by atoms with Crippen molar-refractivity contribution < 1.29 is 13.9 Å². The number of pyridine rings is 1. The van der Waals surface area contributed by atoms with Crippen LogP contribution in [0.1, 0.15) is 54.8 Å². The molecule has 2 aliphatic carbocycles. The van der Waals surface area contributed by atoms with E-state index in [4.69, 9.17) is 9.72 Å². The second-order valence-corrected chi connectivity index (χ2v) is 9.77. The Balaban J connectivity index is 1.50. The minimum atomic E-state index is -0.275. The van der Waals surface area contributed by atoms with Gasteiger partial charge >= 0.3 is 0 Å². The summed E-state index contributed by atoms with van der Waals surface area (Å²) in [6, 6.07) is 9.04. The third-order valence-corrected chi connectivity index (χ3v) is 7.39. The highest BCUT2D eigenvalue weighted by atomic mass is 19.1. The molecule has 1 atom stereocenters. The highest BCUT2D eigenvalue weighted by Crippen LogP contribution is 2.47. The van der Waals surface area contributed by atoms with Gasteiger partial charge in [0.05, 0.1) is 30.3 Å². The van der Waals surface area contributed by atoms with Gasteiger partial charge in [-0.2, -0.15) is 5.26 Å². The zero-order valence-corrected chi connectivity index (χ0v) is 19.9. The number of anilines is 1. The third kappa shape index (κ3) is 4.39. The van der Waals surface area contributed by atoms with E-state index in [1.807, 2.05) is 11.8 Å². The first-order valence-electron chi connectivity index (χ1n) is 12.3. The average Bonchev–Trinajstić information content (AvgIpc) is 3.76. The zero-order chi connectivity index (χ0) is 23.8. The van der Waals surface area contributed by atoms with E-state index in [9.17, 15) is 14.4 Å². The molecule has 1 aromatic heterocycles. The lowest BCUT2D eigenvalue weighted by Gasteiger charge is -2.43. The van der Waals surface area contributed by atoms with Gasteiger partial charge in [0.15, 0.2) is 0 Å². The van der Waals surface area contributed by atoms with Gasteiger partial charge in [-0.3, -0.25) is 4.79 Å². The smallest absolute Gasteiger partial charge is 0.225 e. The molecule has 2 heterocycles. The van der Waals surface area contributed by atoms with Crippen molar-refractivity contribution in [2.75, 3.05) is 38.3 Å². The molecule has 7 heteroatoms. The van der Waals surface area contributed by atoms with Crippen molar-refractivity contribution >= 4 is 11.7 Å². The number of ether oxygens (including phenoxy) is 1. The Morgan fingerprint density at radius 2 is 1.94 bits per heavy atom. The van der Waals surface area contributed by atoms with Gasteiger partial charge < -0.3 is 14.5 Å². The summed E-state index contributed by atoms with van der Waals surface area (Å²) in [6.07, 6.45) is 4.84. The first kappa shape index (κ1) is 22.8. The number of methoxy groups -OCH3 is 1. The van der Waals surface area contributed by atoms with Crippen LogP contribution in [0.3, 0.4) is 0 Å². The number of halogens is 1. The molecule has 34 heavy (non-hydrogen) atoms. The topological polar surface area (TPSA) is 69.5 Å². The number of amides is 1. The van der Waals surface area contributed by atoms with Crippen LogP contribution in [-0.4, -0.2) is 55.2 Å². The minimum absolute atomic E-state index is 0.146. The van der Waals surface area contributed by atoms with Crippen LogP contribution in [0.25, 0.3) is 11.1 Å². The molecule has 1 saturated heterocycles. The second-order valence-electron chi connectivity index (χ2n) is 9.77. The molecule has 0 bridgehead atoms. The Morgan fingerprint density at radius 3 is 2.56 bits per heavy atom. The number of carbonyl (C=O) groups is 1. The van der Waals surface area contributed by atoms with Crippen molar-refractivity contribution in [1.29, 1.82) is 5.26 Å². The number of aromatic nitrogens is 1. The molecule has 3 fully saturated rings. The Morgan fingerprint density at radius 1 is 1.21 bits per heavy atom. The van der Waals surface area contributed by atoms with Crippen molar-refractivity contribution in [3.63, 3.8) is 0 Å². The lowest BCUT2D eigenvalue weighted by atomic mass is 9.93. The van der Waals surface area contributed by atoms with Gasteiger partial charge in [0.2, 0.25) is 5.91 Å². The van der Waals surface area contributed by atoms with Crippen molar-refractivity contribution in [1.82, 2.24) is 9.88 Å². The maximum absolute atomic E-state index is 13.6. The molecular weight excluding hydrogens is 431 g/mol. The summed E-state index contributed by atoms with van der Waals surface area (Å²) < 4.78 is 18.7. The summed E-state index contributed by atoms with van der Waals surface area (Å²) in [5.74, 6) is 1.50. The molecule has 5 rings (SSSR count). The monoisotopic (exact) mass is 462 g/mol. The van der Waals surface area contributed by atoms with E-state index in [2.05, 4.69) is 11.0 Å². The zero-order valence-electron chi connectivity index (χ0n) is 19.9. The summed E-state index contributed by atoms with van der Waals surface area (Å²) in [5, 5.41) is 10.2. The molecule has 0 radical (unpaired) electrons. The Kier molecular flexibility index (Phi) is 6.26. The van der Waals surface area contributed by atoms with E-state index in [1.165, 1.54) is 12.1 Å². The number of hydrogen-bond donors (Lipinski definition) is 0. The number of benzene rings is 1. The summed E-state index contributed by atoms with van der Waals surface area (Å²) in [6.45, 7) is 4.41. The Hall–Kier alpha value is -2.98. The maximum Gasteiger partial charge on any atom is 0.225 e. The van der Waals surface area contributed by atoms with Crippen LogP contribution in [0.15, 0.2) is 24.3 Å². The lowest BCUT2D eigenvalue weighted by molar-refractivity contribution is -0.135. The molecule has 1 amide bonds. The Labute approximate surface area is 200 Å². The summed E-state index contributed by atoms with van der Waals surface area (Å²) in [7, 11) is 1.62. The van der Waals surface area contributed by atoms with Crippen molar-refractivity contribution in [3.05, 3.63) is 46.9 Å². The van der Waals surface area contributed by atoms with Gasteiger partial charge in [-0.1, -0.05) is 12.1 Å². The standard InChI is InChI=1S/C27H31FN4O2/c1-17-22(15-29)27(30-26(20-5-6-20)25(17)19-7-9-21(28)10-8-19)31-12-13-32(24(33)11-14-34-2)23(16-31)18-3-4-18/h7-10,18,20,23H,3-6,11-14,16H2,1-2H3/t23-/m0/s1. The second kappa shape index (κ2) is 9.34. The number of hydrogen-bond acceptors (Lipinski definition) is 5. The predicted molar refractivity (Wildman–Crippen MR) is 128 cm³/mol. The van der Waals surface area contributed by atoms with Crippen LogP contribution in [0.4, 0.5) is 10.2 Å². The largest absolute Gasteiger partial charge is 0.384 e. The van der Waals surface area contributed by atoms with E-state index in [1.54, 1.807) is 19.2 Å². The van der Waals surface area contributed by atoms with Crippen LogP contribution in [0, 0.1) is 30.0 Å². The molecule has 0 unspecified atom stereocenters. The maximum atomic E-state index is 13.6. The number of carbonyl (C=O) groups excluding carboxylic acids is 1. The first-order valence-corrected chi connectivity index (χ1v) is 12.3. The van der Waals surface area contributed by atoms with Crippen molar-refractivity contribution in [3.8, 4) is 17.2 Å². The number of nitriles is 1. The fraction of sp³-hybridized carbons (Fsp3) is 0.519. The van der Waals surface area contributed by atoms with E-state index < -0.39 is 0 Å². The molecule has 2 saturated carbocycles. The molecule has 1 aliphatic heterocycles. The van der Waals surface area contributed by atoms with Gasteiger partial charge in [0.25, 0.3) is 0 Å². The highest BCUT2D eigenvalue weighted by molar-refractivity contribution is 5.78. The van der Waals surface area contributed by atoms with Crippen LogP contribution < -0.4 is 4.90 Å². The van der Waals surface area contributed by atoms with Gasteiger partial charge in [0, 0.05) is 38.2 Å². The van der Waals surface area contributed by atoms with E-state index in [0.29, 0.717) is 50.1 Å². The van der Waals surface area contributed by atoms with Gasteiger partial charge in [-0.15, -0.1) is 0 Å². The summed E-state index contributed by atoms with van der Waals surface area (Å²) >= 11 is 0. The minimum Gasteiger partial charge on any atom is -0.384 e. The van der Waals surface area contributed by atoms with E-state index in [-0.39, 0.29) is 17.8 Å². The molecule has 178 valence electrons. The number of nitrogens with zero attached hydrogens (tertiary/aromatic N) is 4. The quantitative estimate of drug-likeness (QED) is 0.610. The highest BCUT2D eigenvalue weighted by Gasteiger charge is 2.42. The van der Waals surface area contributed by atoms with Crippen LogP contribution in [0.5, 0.6) is 0 Å². The lowest BCUT2D eigenvalue weighted by Crippen LogP contribution is -2.56. The molecule has 6 nitrogen and oxygen atoms in total. The van der Waals surface area contributed by atoms with Crippen molar-refractivity contribution in [2.45, 2.75) is 51.0 Å². The normalized spacial score (nSPS) is 20.4. The number of piperazine rings is 1. The summed E-state index contributed by atoms with van der Waals surface area (Å²) in [4.78, 5) is 22.2. The Bertz CT molecular complexity index is 1120. The van der Waals surface area contributed by atoms with Gasteiger partial charge in [-0.25, -0.2) is 9.37 Å². The summed E-state index contributed by atoms with van der Waals surface area (Å²) in [5.41, 5.74) is 4.37. The fourth-order valence-electron chi connectivity index (χ4n) is 5.24. The third-order valence-electron chi connectivity index (χ3n) is 7.39. The van der Waals surface area contributed by atoms with Gasteiger partial charge in [-0.05, 0) is 61.8 Å². The van der Waals surface area contributed by atoms with E-state index >= 15 is 0 Å². The molecular formula is C27H31FN4O2. The predicted octanol–water partition coefficient (Wildman–Crippen LogP) is 4.41. The van der Waals surface area contributed by atoms with Crippen LogP contribution in [-0.2, 0) is 9.53 Å². The average molecular weight is 463 g/mol. The molecule has 1 aromatic carbocycles. The van der Waals surface area contributed by atoms with Gasteiger partial charge in [0.1, 0.15) is 17.7 Å². The van der Waals surface area contributed by atoms with Crippen LogP contribution in [0.2, 0.25) is 0 Å². The first-order chi connectivity index (χ1) is 16.5. The van der Waals surface area contributed by atoms with Crippen molar-refractivity contribution in [2.24, 2.45) is 5.92 Å². The van der Waals surface area contributed by atoms with E-state index in [0.717, 1.165) is 53.9 Å². The molecule has 3 aliphatic rings. The fourth-order valence-corrected chi connectivity index (χ4v) is 5.24.